The first-order valence-corrected chi connectivity index (χ1v) is 7.15. The standard InChI is InChI=1S/C15H18N2O5/c1-11-4-6-16(7-5-11)15(19)10-22-14-3-2-13(17(20)21)8-12(14)9-18/h2-3,8-9,11H,4-7,10H2,1H3. The van der Waals surface area contributed by atoms with Crippen LogP contribution in [0.1, 0.15) is 30.1 Å². The number of nitro benzene ring substituents is 1. The first kappa shape index (κ1) is 15.9. The molecule has 2 rings (SSSR count). The zero-order chi connectivity index (χ0) is 16.1. The Kier molecular flexibility index (Phi) is 5.08. The summed E-state index contributed by atoms with van der Waals surface area (Å²) in [5.74, 6) is 0.669. The van der Waals surface area contributed by atoms with Gasteiger partial charge in [-0.25, -0.2) is 0 Å². The van der Waals surface area contributed by atoms with Crippen molar-refractivity contribution in [1.82, 2.24) is 4.90 Å². The van der Waals surface area contributed by atoms with Crippen LogP contribution < -0.4 is 4.74 Å². The average molecular weight is 306 g/mol. The predicted octanol–water partition coefficient (Wildman–Crippen LogP) is 2.04. The number of likely N-dealkylation sites (tertiary alicyclic amines) is 1. The number of carbonyl (C=O) groups excluding carboxylic acids is 2. The Hall–Kier alpha value is -2.44. The fourth-order valence-electron chi connectivity index (χ4n) is 2.36. The largest absolute Gasteiger partial charge is 0.483 e. The topological polar surface area (TPSA) is 89.8 Å². The zero-order valence-corrected chi connectivity index (χ0v) is 12.4. The van der Waals surface area contributed by atoms with Crippen LogP contribution in [0.5, 0.6) is 5.75 Å². The van der Waals surface area contributed by atoms with Crippen molar-refractivity contribution in [3.05, 3.63) is 33.9 Å². The number of non-ortho nitro benzene ring substituents is 1. The number of rotatable bonds is 5. The van der Waals surface area contributed by atoms with Crippen molar-refractivity contribution in [3.63, 3.8) is 0 Å². The van der Waals surface area contributed by atoms with E-state index < -0.39 is 4.92 Å². The molecule has 0 aliphatic carbocycles. The number of amides is 1. The Balaban J connectivity index is 1.97. The summed E-state index contributed by atoms with van der Waals surface area (Å²) in [4.78, 5) is 34.9. The lowest BCUT2D eigenvalue weighted by Gasteiger charge is -2.30. The number of ether oxygens (including phenoxy) is 1. The highest BCUT2D eigenvalue weighted by atomic mass is 16.6. The lowest BCUT2D eigenvalue weighted by molar-refractivity contribution is -0.384. The van der Waals surface area contributed by atoms with E-state index in [2.05, 4.69) is 6.92 Å². The van der Waals surface area contributed by atoms with E-state index in [9.17, 15) is 19.7 Å². The Morgan fingerprint density at radius 3 is 2.73 bits per heavy atom. The highest BCUT2D eigenvalue weighted by Crippen LogP contribution is 2.23. The molecule has 1 aliphatic rings. The molecule has 0 saturated carbocycles. The summed E-state index contributed by atoms with van der Waals surface area (Å²) in [6, 6.07) is 3.72. The summed E-state index contributed by atoms with van der Waals surface area (Å²) < 4.78 is 5.36. The first-order chi connectivity index (χ1) is 10.5. The van der Waals surface area contributed by atoms with E-state index in [1.807, 2.05) is 0 Å². The van der Waals surface area contributed by atoms with Crippen LogP contribution in [0.25, 0.3) is 0 Å². The molecule has 118 valence electrons. The van der Waals surface area contributed by atoms with Crippen molar-refractivity contribution in [3.8, 4) is 5.75 Å². The van der Waals surface area contributed by atoms with Crippen molar-refractivity contribution in [2.75, 3.05) is 19.7 Å². The molecule has 1 aromatic carbocycles. The number of nitrogens with zero attached hydrogens (tertiary/aromatic N) is 2. The molecule has 1 saturated heterocycles. The molecule has 7 heteroatoms. The third kappa shape index (κ3) is 3.81. The molecule has 0 aromatic heterocycles. The Morgan fingerprint density at radius 1 is 1.45 bits per heavy atom. The Bertz CT molecular complexity index is 579. The minimum atomic E-state index is -0.586. The first-order valence-electron chi connectivity index (χ1n) is 7.15. The third-order valence-electron chi connectivity index (χ3n) is 3.82. The SMILES string of the molecule is CC1CCN(C(=O)COc2ccc([N+](=O)[O-])cc2C=O)CC1. The van der Waals surface area contributed by atoms with Gasteiger partial charge < -0.3 is 9.64 Å². The van der Waals surface area contributed by atoms with Crippen molar-refractivity contribution < 1.29 is 19.2 Å². The van der Waals surface area contributed by atoms with Gasteiger partial charge in [-0.15, -0.1) is 0 Å². The van der Waals surface area contributed by atoms with Crippen LogP contribution in [0.15, 0.2) is 18.2 Å². The summed E-state index contributed by atoms with van der Waals surface area (Å²) in [5, 5.41) is 10.7. The maximum atomic E-state index is 12.1. The Morgan fingerprint density at radius 2 is 2.14 bits per heavy atom. The second kappa shape index (κ2) is 7.02. The lowest BCUT2D eigenvalue weighted by atomic mass is 9.99. The second-order valence-corrected chi connectivity index (χ2v) is 5.45. The van der Waals surface area contributed by atoms with E-state index in [1.54, 1.807) is 4.90 Å². The summed E-state index contributed by atoms with van der Waals surface area (Å²) in [7, 11) is 0. The Labute approximate surface area is 128 Å². The van der Waals surface area contributed by atoms with Crippen LogP contribution in [0.4, 0.5) is 5.69 Å². The van der Waals surface area contributed by atoms with Gasteiger partial charge >= 0.3 is 0 Å². The molecule has 1 aliphatic heterocycles. The van der Waals surface area contributed by atoms with Crippen molar-refractivity contribution in [1.29, 1.82) is 0 Å². The van der Waals surface area contributed by atoms with Crippen LogP contribution in [0.3, 0.4) is 0 Å². The number of aldehydes is 1. The number of piperidine rings is 1. The van der Waals surface area contributed by atoms with E-state index in [1.165, 1.54) is 12.1 Å². The third-order valence-corrected chi connectivity index (χ3v) is 3.82. The molecular formula is C15H18N2O5. The lowest BCUT2D eigenvalue weighted by Crippen LogP contribution is -2.40. The predicted molar refractivity (Wildman–Crippen MR) is 79.0 cm³/mol. The molecular weight excluding hydrogens is 288 g/mol. The summed E-state index contributed by atoms with van der Waals surface area (Å²) >= 11 is 0. The van der Waals surface area contributed by atoms with Gasteiger partial charge in [0.2, 0.25) is 0 Å². The second-order valence-electron chi connectivity index (χ2n) is 5.45. The number of benzene rings is 1. The number of hydrogen-bond acceptors (Lipinski definition) is 5. The number of hydrogen-bond donors (Lipinski definition) is 0. The van der Waals surface area contributed by atoms with E-state index in [-0.39, 0.29) is 29.5 Å². The van der Waals surface area contributed by atoms with Crippen LogP contribution in [0, 0.1) is 16.0 Å². The molecule has 1 amide bonds. The van der Waals surface area contributed by atoms with Gasteiger partial charge in [-0.2, -0.15) is 0 Å². The van der Waals surface area contributed by atoms with E-state index in [0.717, 1.165) is 18.9 Å². The van der Waals surface area contributed by atoms with Gasteiger partial charge in [0.1, 0.15) is 5.75 Å². The van der Waals surface area contributed by atoms with E-state index in [0.29, 0.717) is 25.3 Å². The average Bonchev–Trinajstić information content (AvgIpc) is 2.52. The van der Waals surface area contributed by atoms with Crippen molar-refractivity contribution in [2.45, 2.75) is 19.8 Å². The molecule has 0 unspecified atom stereocenters. The minimum Gasteiger partial charge on any atom is -0.483 e. The van der Waals surface area contributed by atoms with E-state index >= 15 is 0 Å². The quantitative estimate of drug-likeness (QED) is 0.472. The van der Waals surface area contributed by atoms with Crippen molar-refractivity contribution in [2.24, 2.45) is 5.92 Å². The van der Waals surface area contributed by atoms with Crippen LogP contribution in [-0.4, -0.2) is 41.7 Å². The molecule has 1 fully saturated rings. The van der Waals surface area contributed by atoms with Gasteiger partial charge in [-0.1, -0.05) is 6.92 Å². The van der Waals surface area contributed by atoms with Gasteiger partial charge in [-0.05, 0) is 24.8 Å². The molecule has 0 N–H and O–H groups in total. The molecule has 22 heavy (non-hydrogen) atoms. The minimum absolute atomic E-state index is 0.0641. The fraction of sp³-hybridized carbons (Fsp3) is 0.467. The van der Waals surface area contributed by atoms with Crippen LogP contribution >= 0.6 is 0 Å². The van der Waals surface area contributed by atoms with Gasteiger partial charge in [0, 0.05) is 25.2 Å². The molecule has 0 atom stereocenters. The van der Waals surface area contributed by atoms with Gasteiger partial charge in [0.25, 0.3) is 11.6 Å². The maximum absolute atomic E-state index is 12.1. The summed E-state index contributed by atoms with van der Waals surface area (Å²) in [6.07, 6.45) is 2.43. The normalized spacial score (nSPS) is 15.4. The molecule has 1 aromatic rings. The van der Waals surface area contributed by atoms with Gasteiger partial charge in [0.05, 0.1) is 10.5 Å². The molecule has 0 spiro atoms. The maximum Gasteiger partial charge on any atom is 0.270 e. The van der Waals surface area contributed by atoms with Crippen LogP contribution in [0.2, 0.25) is 0 Å². The molecule has 0 radical (unpaired) electrons. The molecule has 0 bridgehead atoms. The zero-order valence-electron chi connectivity index (χ0n) is 12.4. The van der Waals surface area contributed by atoms with Crippen LogP contribution in [-0.2, 0) is 4.79 Å². The summed E-state index contributed by atoms with van der Waals surface area (Å²) in [5.41, 5.74) is -0.125. The highest BCUT2D eigenvalue weighted by Gasteiger charge is 2.21. The van der Waals surface area contributed by atoms with Gasteiger partial charge in [0.15, 0.2) is 12.9 Å². The van der Waals surface area contributed by atoms with Crippen molar-refractivity contribution >= 4 is 17.9 Å². The molecule has 1 heterocycles. The fourth-order valence-corrected chi connectivity index (χ4v) is 2.36. The van der Waals surface area contributed by atoms with E-state index in [4.69, 9.17) is 4.74 Å². The molecule has 7 nitrogen and oxygen atoms in total. The number of nitro groups is 1. The number of carbonyl (C=O) groups is 2. The summed E-state index contributed by atoms with van der Waals surface area (Å²) in [6.45, 7) is 3.41. The smallest absolute Gasteiger partial charge is 0.270 e. The highest BCUT2D eigenvalue weighted by molar-refractivity contribution is 5.82. The van der Waals surface area contributed by atoms with Gasteiger partial charge in [-0.3, -0.25) is 19.7 Å². The monoisotopic (exact) mass is 306 g/mol.